The third-order valence-electron chi connectivity index (χ3n) is 5.68. The first kappa shape index (κ1) is 23.9. The Morgan fingerprint density at radius 3 is 1.38 bits per heavy atom. The Kier molecular flexibility index (Phi) is 15.6. The number of hydrogen-bond acceptors (Lipinski definition) is 3. The summed E-state index contributed by atoms with van der Waals surface area (Å²) in [5.41, 5.74) is 0. The van der Waals surface area contributed by atoms with Crippen molar-refractivity contribution in [3.05, 3.63) is 0 Å². The summed E-state index contributed by atoms with van der Waals surface area (Å²) in [7, 11) is 1.47. The highest BCUT2D eigenvalue weighted by Crippen LogP contribution is 2.43. The van der Waals surface area contributed by atoms with E-state index in [1.165, 1.54) is 110 Å². The van der Waals surface area contributed by atoms with Crippen molar-refractivity contribution >= 4 is 17.7 Å². The average Bonchev–Trinajstić information content (AvgIpc) is 3.35. The van der Waals surface area contributed by atoms with E-state index in [0.717, 1.165) is 16.9 Å². The maximum Gasteiger partial charge on any atom is 0.305 e. The SMILES string of the molecule is COC(=O)CCCCCCCCCCCCCCCCCCC1SC1C. The number of thioether (sulfide) groups is 1. The topological polar surface area (TPSA) is 26.3 Å². The van der Waals surface area contributed by atoms with E-state index in [4.69, 9.17) is 0 Å². The van der Waals surface area contributed by atoms with Gasteiger partial charge in [-0.3, -0.25) is 4.79 Å². The minimum Gasteiger partial charge on any atom is -0.469 e. The van der Waals surface area contributed by atoms with Crippen LogP contribution in [-0.4, -0.2) is 23.6 Å². The van der Waals surface area contributed by atoms with Crippen molar-refractivity contribution in [2.24, 2.45) is 0 Å². The summed E-state index contributed by atoms with van der Waals surface area (Å²) in [4.78, 5) is 11.0. The highest BCUT2D eigenvalue weighted by atomic mass is 32.2. The van der Waals surface area contributed by atoms with E-state index in [1.54, 1.807) is 0 Å². The van der Waals surface area contributed by atoms with Crippen molar-refractivity contribution in [1.82, 2.24) is 0 Å². The van der Waals surface area contributed by atoms with Gasteiger partial charge in [0.15, 0.2) is 0 Å². The summed E-state index contributed by atoms with van der Waals surface area (Å²) in [6, 6.07) is 0. The van der Waals surface area contributed by atoms with Crippen molar-refractivity contribution in [3.63, 3.8) is 0 Å². The zero-order chi connectivity index (χ0) is 18.9. The molecule has 0 aromatic rings. The number of esters is 1. The Labute approximate surface area is 167 Å². The molecule has 0 spiro atoms. The van der Waals surface area contributed by atoms with Crippen LogP contribution in [0.1, 0.15) is 122 Å². The second kappa shape index (κ2) is 17.0. The fraction of sp³-hybridized carbons (Fsp3) is 0.957. The van der Waals surface area contributed by atoms with Crippen molar-refractivity contribution in [2.75, 3.05) is 7.11 Å². The lowest BCUT2D eigenvalue weighted by atomic mass is 10.0. The molecule has 26 heavy (non-hydrogen) atoms. The molecule has 0 aromatic heterocycles. The van der Waals surface area contributed by atoms with Crippen molar-refractivity contribution in [1.29, 1.82) is 0 Å². The number of ether oxygens (including phenoxy) is 1. The summed E-state index contributed by atoms with van der Waals surface area (Å²) in [6.07, 6.45) is 24.1. The molecule has 0 aromatic carbocycles. The number of hydrogen-bond donors (Lipinski definition) is 0. The van der Waals surface area contributed by atoms with Gasteiger partial charge < -0.3 is 4.74 Å². The van der Waals surface area contributed by atoms with Gasteiger partial charge in [0.25, 0.3) is 0 Å². The molecule has 1 aliphatic rings. The zero-order valence-corrected chi connectivity index (χ0v) is 18.4. The monoisotopic (exact) mass is 384 g/mol. The fourth-order valence-electron chi connectivity index (χ4n) is 3.72. The summed E-state index contributed by atoms with van der Waals surface area (Å²) in [5, 5.41) is 1.98. The molecule has 2 nitrogen and oxygen atoms in total. The highest BCUT2D eigenvalue weighted by Gasteiger charge is 2.32. The zero-order valence-electron chi connectivity index (χ0n) is 17.6. The largest absolute Gasteiger partial charge is 0.469 e. The third-order valence-corrected chi connectivity index (χ3v) is 7.12. The van der Waals surface area contributed by atoms with Gasteiger partial charge in [-0.1, -0.05) is 103 Å². The van der Waals surface area contributed by atoms with Gasteiger partial charge in [-0.15, -0.1) is 0 Å². The van der Waals surface area contributed by atoms with Gasteiger partial charge in [0.1, 0.15) is 0 Å². The lowest BCUT2D eigenvalue weighted by Crippen LogP contribution is -1.99. The molecule has 0 amide bonds. The van der Waals surface area contributed by atoms with Gasteiger partial charge >= 0.3 is 5.97 Å². The van der Waals surface area contributed by atoms with E-state index in [9.17, 15) is 4.79 Å². The van der Waals surface area contributed by atoms with Gasteiger partial charge in [-0.05, 0) is 12.8 Å². The van der Waals surface area contributed by atoms with E-state index in [0.29, 0.717) is 6.42 Å². The molecule has 1 aliphatic heterocycles. The summed E-state index contributed by atoms with van der Waals surface area (Å²) in [5.74, 6) is -0.0626. The molecular formula is C23H44O2S. The predicted molar refractivity (Wildman–Crippen MR) is 116 cm³/mol. The van der Waals surface area contributed by atoms with Crippen LogP contribution < -0.4 is 0 Å². The molecular weight excluding hydrogens is 340 g/mol. The second-order valence-corrected chi connectivity index (χ2v) is 9.77. The molecule has 1 rings (SSSR count). The molecule has 1 heterocycles. The molecule has 0 radical (unpaired) electrons. The maximum absolute atomic E-state index is 11.0. The Morgan fingerprint density at radius 2 is 1.04 bits per heavy atom. The van der Waals surface area contributed by atoms with Gasteiger partial charge in [0, 0.05) is 16.9 Å². The quantitative estimate of drug-likeness (QED) is 0.130. The first-order valence-electron chi connectivity index (χ1n) is 11.5. The van der Waals surface area contributed by atoms with Crippen LogP contribution in [0, 0.1) is 0 Å². The molecule has 0 saturated carbocycles. The third kappa shape index (κ3) is 14.9. The fourth-order valence-corrected chi connectivity index (χ4v) is 4.62. The van der Waals surface area contributed by atoms with Crippen LogP contribution in [-0.2, 0) is 9.53 Å². The van der Waals surface area contributed by atoms with Crippen LogP contribution in [0.25, 0.3) is 0 Å². The number of rotatable bonds is 19. The normalized spacial score (nSPS) is 18.8. The number of carbonyl (C=O) groups excluding carboxylic acids is 1. The molecule has 0 aliphatic carbocycles. The van der Waals surface area contributed by atoms with Crippen LogP contribution in [0.15, 0.2) is 0 Å². The predicted octanol–water partition coefficient (Wildman–Crippen LogP) is 7.69. The number of methoxy groups -OCH3 is 1. The average molecular weight is 385 g/mol. The minimum absolute atomic E-state index is 0.0626. The van der Waals surface area contributed by atoms with Gasteiger partial charge in [-0.25, -0.2) is 0 Å². The lowest BCUT2D eigenvalue weighted by Gasteiger charge is -2.04. The van der Waals surface area contributed by atoms with Gasteiger partial charge in [0.05, 0.1) is 7.11 Å². The lowest BCUT2D eigenvalue weighted by molar-refractivity contribution is -0.140. The molecule has 0 N–H and O–H groups in total. The molecule has 3 heteroatoms. The second-order valence-electron chi connectivity index (χ2n) is 8.15. The summed E-state index contributed by atoms with van der Waals surface area (Å²) >= 11 is 2.17. The Hall–Kier alpha value is -0.180. The van der Waals surface area contributed by atoms with Crippen LogP contribution in [0.3, 0.4) is 0 Å². The smallest absolute Gasteiger partial charge is 0.305 e. The molecule has 2 atom stereocenters. The number of unbranched alkanes of at least 4 members (excludes halogenated alkanes) is 15. The molecule has 1 saturated heterocycles. The van der Waals surface area contributed by atoms with Crippen molar-refractivity contribution < 1.29 is 9.53 Å². The van der Waals surface area contributed by atoms with Crippen molar-refractivity contribution in [3.8, 4) is 0 Å². The summed E-state index contributed by atoms with van der Waals surface area (Å²) in [6.45, 7) is 2.37. The maximum atomic E-state index is 11.0. The van der Waals surface area contributed by atoms with Crippen LogP contribution in [0.4, 0.5) is 0 Å². The van der Waals surface area contributed by atoms with Crippen molar-refractivity contribution in [2.45, 2.75) is 133 Å². The van der Waals surface area contributed by atoms with Gasteiger partial charge in [0.2, 0.25) is 0 Å². The van der Waals surface area contributed by atoms with Crippen LogP contribution in [0.2, 0.25) is 0 Å². The van der Waals surface area contributed by atoms with Crippen LogP contribution in [0.5, 0.6) is 0 Å². The summed E-state index contributed by atoms with van der Waals surface area (Å²) < 4.78 is 4.65. The Balaban J connectivity index is 1.63. The van der Waals surface area contributed by atoms with Crippen LogP contribution >= 0.6 is 11.8 Å². The highest BCUT2D eigenvalue weighted by molar-refractivity contribution is 8.07. The molecule has 0 bridgehead atoms. The first-order valence-corrected chi connectivity index (χ1v) is 12.4. The van der Waals surface area contributed by atoms with E-state index in [1.807, 2.05) is 0 Å². The first-order chi connectivity index (χ1) is 12.7. The molecule has 154 valence electrons. The van der Waals surface area contributed by atoms with E-state index in [2.05, 4.69) is 23.4 Å². The molecule has 2 unspecified atom stereocenters. The van der Waals surface area contributed by atoms with Gasteiger partial charge in [-0.2, -0.15) is 11.8 Å². The minimum atomic E-state index is -0.0626. The molecule has 1 fully saturated rings. The van der Waals surface area contributed by atoms with E-state index in [-0.39, 0.29) is 5.97 Å². The van der Waals surface area contributed by atoms with E-state index < -0.39 is 0 Å². The standard InChI is InChI=1S/C23H44O2S/c1-21-22(26-21)19-17-15-13-11-9-7-5-3-4-6-8-10-12-14-16-18-20-23(24)25-2/h21-22H,3-20H2,1-2H3. The number of carbonyl (C=O) groups is 1. The Bertz CT molecular complexity index is 332. The Morgan fingerprint density at radius 1 is 0.692 bits per heavy atom. The van der Waals surface area contributed by atoms with E-state index >= 15 is 0 Å².